The van der Waals surface area contributed by atoms with Crippen LogP contribution in [0.5, 0.6) is 0 Å². The Morgan fingerprint density at radius 2 is 0.686 bits per heavy atom. The Balaban J connectivity index is 4.21. The summed E-state index contributed by atoms with van der Waals surface area (Å²) in [6.07, 6.45) is 25.4. The Kier molecular flexibility index (Phi) is 25.2. The summed E-state index contributed by atoms with van der Waals surface area (Å²) in [5.41, 5.74) is -1.29. The first-order valence-corrected chi connectivity index (χ1v) is 16.9. The lowest BCUT2D eigenvalue weighted by Gasteiger charge is -2.43. The minimum Gasteiger partial charge on any atom is -0.395 e. The minimum absolute atomic E-state index is 0.424. The monoisotopic (exact) mass is 536 g/mol. The number of hydrogen-bond acceptors (Lipinski definition) is 6. The molecular weight excluding hydrogens is 476 g/mol. The number of hydrogen-bond donors (Lipinski definition) is 4. The fraction of sp³-hybridized carbons (Fsp3) is 1.00. The van der Waals surface area contributed by atoms with Gasteiger partial charge in [0.05, 0.1) is 25.2 Å². The molecule has 0 spiro atoms. The van der Waals surface area contributed by atoms with Crippen LogP contribution in [0.15, 0.2) is 0 Å². The Morgan fingerprint density at radius 3 is 0.943 bits per heavy atom. The Labute approximate surface area is 226 Å². The van der Waals surface area contributed by atoms with Gasteiger partial charge < -0.3 is 20.4 Å². The van der Waals surface area contributed by atoms with E-state index in [4.69, 9.17) is 0 Å². The lowest BCUT2D eigenvalue weighted by atomic mass is 9.92. The molecule has 0 aromatic heterocycles. The van der Waals surface area contributed by atoms with Gasteiger partial charge in [0.15, 0.2) is 4.27 Å². The van der Waals surface area contributed by atoms with E-state index < -0.39 is 29.5 Å². The van der Waals surface area contributed by atoms with Crippen LogP contribution in [-0.2, 0) is 0 Å². The zero-order valence-electron chi connectivity index (χ0n) is 23.3. The maximum Gasteiger partial charge on any atom is 0.169 e. The molecule has 0 amide bonds. The van der Waals surface area contributed by atoms with Crippen molar-refractivity contribution in [1.29, 1.82) is 0 Å². The van der Waals surface area contributed by atoms with Crippen LogP contribution in [0.4, 0.5) is 0 Å². The second-order valence-electron chi connectivity index (χ2n) is 10.4. The maximum absolute atomic E-state index is 11.5. The molecule has 0 aromatic carbocycles. The number of unbranched alkanes of at least 4 members (excludes halogenated alkanes) is 18. The highest BCUT2D eigenvalue weighted by molar-refractivity contribution is 8.18. The summed E-state index contributed by atoms with van der Waals surface area (Å²) in [7, 11) is 0. The highest BCUT2D eigenvalue weighted by Gasteiger charge is 2.50. The number of aliphatic hydroxyl groups is 4. The van der Waals surface area contributed by atoms with E-state index in [2.05, 4.69) is 13.8 Å². The van der Waals surface area contributed by atoms with Gasteiger partial charge in [0.1, 0.15) is 0 Å². The lowest BCUT2D eigenvalue weighted by molar-refractivity contribution is -0.0617. The van der Waals surface area contributed by atoms with E-state index in [0.29, 0.717) is 0 Å². The molecule has 0 aliphatic carbocycles. The van der Waals surface area contributed by atoms with Crippen molar-refractivity contribution in [3.05, 3.63) is 0 Å². The average Bonchev–Trinajstić information content (AvgIpc) is 2.87. The largest absolute Gasteiger partial charge is 0.395 e. The van der Waals surface area contributed by atoms with E-state index >= 15 is 0 Å². The van der Waals surface area contributed by atoms with E-state index in [1.165, 1.54) is 126 Å². The predicted octanol–water partition coefficient (Wildman–Crippen LogP) is 7.90. The van der Waals surface area contributed by atoms with Gasteiger partial charge in [-0.15, -0.1) is 23.5 Å². The Morgan fingerprint density at radius 1 is 0.429 bits per heavy atom. The third kappa shape index (κ3) is 16.9. The molecule has 4 nitrogen and oxygen atoms in total. The summed E-state index contributed by atoms with van der Waals surface area (Å²) in [5.74, 6) is 1.56. The fourth-order valence-electron chi connectivity index (χ4n) is 4.40. The van der Waals surface area contributed by atoms with Crippen molar-refractivity contribution in [3.8, 4) is 0 Å². The lowest BCUT2D eigenvalue weighted by Crippen LogP contribution is -2.52. The molecule has 6 heteroatoms. The molecule has 4 N–H and O–H groups in total. The summed E-state index contributed by atoms with van der Waals surface area (Å²) < 4.78 is -1.37. The molecule has 0 fully saturated rings. The molecule has 212 valence electrons. The molecule has 0 aromatic rings. The second-order valence-corrected chi connectivity index (χ2v) is 13.2. The van der Waals surface area contributed by atoms with Gasteiger partial charge in [0.2, 0.25) is 0 Å². The van der Waals surface area contributed by atoms with Gasteiger partial charge >= 0.3 is 0 Å². The number of rotatable bonds is 28. The van der Waals surface area contributed by atoms with E-state index in [1.807, 2.05) is 0 Å². The number of thioether (sulfide) groups is 2. The van der Waals surface area contributed by atoms with Crippen LogP contribution in [0.3, 0.4) is 0 Å². The summed E-state index contributed by atoms with van der Waals surface area (Å²) in [6.45, 7) is 3.23. The van der Waals surface area contributed by atoms with E-state index in [9.17, 15) is 20.4 Å². The van der Waals surface area contributed by atoms with Crippen molar-refractivity contribution < 1.29 is 20.4 Å². The van der Waals surface area contributed by atoms with Crippen LogP contribution in [0.25, 0.3) is 0 Å². The van der Waals surface area contributed by atoms with Crippen LogP contribution in [0.2, 0.25) is 0 Å². The van der Waals surface area contributed by atoms with Gasteiger partial charge in [-0.1, -0.05) is 129 Å². The molecule has 0 atom stereocenters. The molecule has 0 saturated carbocycles. The Bertz CT molecular complexity index is 399. The van der Waals surface area contributed by atoms with Crippen molar-refractivity contribution in [3.63, 3.8) is 0 Å². The highest BCUT2D eigenvalue weighted by Crippen LogP contribution is 2.49. The smallest absolute Gasteiger partial charge is 0.169 e. The summed E-state index contributed by atoms with van der Waals surface area (Å²) >= 11 is 2.80. The molecule has 35 heavy (non-hydrogen) atoms. The molecule has 0 heterocycles. The molecule has 0 saturated heterocycles. The van der Waals surface area contributed by atoms with Crippen LogP contribution < -0.4 is 0 Å². The third-order valence-electron chi connectivity index (χ3n) is 7.17. The van der Waals surface area contributed by atoms with Gasteiger partial charge in [-0.3, -0.25) is 0 Å². The summed E-state index contributed by atoms with van der Waals surface area (Å²) in [6, 6.07) is 0. The summed E-state index contributed by atoms with van der Waals surface area (Å²) in [4.78, 5) is 0. The van der Waals surface area contributed by atoms with Gasteiger partial charge in [0.25, 0.3) is 0 Å². The molecule has 0 aliphatic heterocycles. The average molecular weight is 537 g/mol. The SMILES string of the molecule is CCCCCCCCCCCCSC(O)(SCCCCCCCCCCCC)C(CO)(CO)CO. The van der Waals surface area contributed by atoms with Crippen LogP contribution in [0, 0.1) is 5.41 Å². The van der Waals surface area contributed by atoms with Gasteiger partial charge in [-0.2, -0.15) is 0 Å². The van der Waals surface area contributed by atoms with Crippen LogP contribution in [-0.4, -0.2) is 56.0 Å². The first kappa shape index (κ1) is 35.5. The van der Waals surface area contributed by atoms with Crippen molar-refractivity contribution in [2.75, 3.05) is 31.3 Å². The zero-order valence-corrected chi connectivity index (χ0v) is 24.9. The van der Waals surface area contributed by atoms with E-state index in [0.717, 1.165) is 37.2 Å². The van der Waals surface area contributed by atoms with E-state index in [1.54, 1.807) is 0 Å². The third-order valence-corrected chi connectivity index (χ3v) is 10.5. The molecular formula is C29H60O4S2. The van der Waals surface area contributed by atoms with Gasteiger partial charge in [0, 0.05) is 0 Å². The predicted molar refractivity (Wildman–Crippen MR) is 157 cm³/mol. The molecule has 0 bridgehead atoms. The van der Waals surface area contributed by atoms with Gasteiger partial charge in [-0.25, -0.2) is 0 Å². The van der Waals surface area contributed by atoms with Crippen LogP contribution >= 0.6 is 23.5 Å². The second kappa shape index (κ2) is 24.9. The molecule has 0 aliphatic rings. The van der Waals surface area contributed by atoms with E-state index in [-0.39, 0.29) is 0 Å². The van der Waals surface area contributed by atoms with Crippen molar-refractivity contribution in [1.82, 2.24) is 0 Å². The van der Waals surface area contributed by atoms with Crippen molar-refractivity contribution >= 4 is 23.5 Å². The van der Waals surface area contributed by atoms with Gasteiger partial charge in [-0.05, 0) is 24.3 Å². The summed E-state index contributed by atoms with van der Waals surface area (Å²) in [5, 5.41) is 41.3. The number of aliphatic hydroxyl groups excluding tert-OH is 3. The first-order valence-electron chi connectivity index (χ1n) is 14.9. The standard InChI is InChI=1S/C29H60O4S2/c1-3-5-7-9-11-13-15-17-19-21-23-34-29(33,28(25-30,26-31)27-32)35-24-22-20-18-16-14-12-10-8-6-4-2/h30-33H,3-27H2,1-2H3. The maximum atomic E-state index is 11.5. The van der Waals surface area contributed by atoms with Crippen molar-refractivity contribution in [2.45, 2.75) is 147 Å². The first-order chi connectivity index (χ1) is 17.1. The molecule has 0 rings (SSSR count). The van der Waals surface area contributed by atoms with Crippen molar-refractivity contribution in [2.24, 2.45) is 5.41 Å². The topological polar surface area (TPSA) is 80.9 Å². The highest BCUT2D eigenvalue weighted by atomic mass is 32.2. The zero-order chi connectivity index (χ0) is 26.1. The normalized spacial score (nSPS) is 12.5. The minimum atomic E-state index is -1.37. The van der Waals surface area contributed by atoms with Crippen LogP contribution in [0.1, 0.15) is 142 Å². The quantitative estimate of drug-likeness (QED) is 0.0601. The Hall–Kier alpha value is 0.540. The fourth-order valence-corrected chi connectivity index (χ4v) is 7.48. The molecule has 0 unspecified atom stereocenters. The molecule has 0 radical (unpaired) electrons.